The van der Waals surface area contributed by atoms with Gasteiger partial charge in [0.2, 0.25) is 0 Å². The Hall–Kier alpha value is -0.300. The van der Waals surface area contributed by atoms with Gasteiger partial charge in [-0.1, -0.05) is 34.1 Å². The van der Waals surface area contributed by atoms with Crippen molar-refractivity contribution < 1.29 is 0 Å². The number of benzene rings is 1. The van der Waals surface area contributed by atoms with Gasteiger partial charge in [0.05, 0.1) is 0 Å². The molecule has 0 amide bonds. The van der Waals surface area contributed by atoms with Crippen molar-refractivity contribution in [1.29, 1.82) is 0 Å². The molecule has 1 saturated carbocycles. The van der Waals surface area contributed by atoms with Gasteiger partial charge in [-0.25, -0.2) is 0 Å². The molecule has 0 spiro atoms. The average molecular weight is 253 g/mol. The second-order valence-electron chi connectivity index (χ2n) is 4.68. The molecule has 14 heavy (non-hydrogen) atoms. The molecule has 1 aromatic rings. The van der Waals surface area contributed by atoms with Crippen LogP contribution in [0.15, 0.2) is 18.2 Å². The van der Waals surface area contributed by atoms with E-state index in [9.17, 15) is 0 Å². The number of rotatable bonds is 3. The van der Waals surface area contributed by atoms with E-state index in [0.717, 1.165) is 5.33 Å². The molecule has 0 nitrogen and oxygen atoms in total. The Morgan fingerprint density at radius 3 is 2.21 bits per heavy atom. The van der Waals surface area contributed by atoms with Gasteiger partial charge in [-0.15, -0.1) is 0 Å². The highest BCUT2D eigenvalue weighted by Gasteiger charge is 2.41. The van der Waals surface area contributed by atoms with Crippen LogP contribution in [0, 0.1) is 19.3 Å². The molecule has 0 N–H and O–H groups in total. The van der Waals surface area contributed by atoms with Gasteiger partial charge in [-0.2, -0.15) is 0 Å². The Bertz CT molecular complexity index is 317. The van der Waals surface area contributed by atoms with Gasteiger partial charge in [0, 0.05) is 5.33 Å². The first kappa shape index (κ1) is 10.2. The molecule has 0 aromatic heterocycles. The average Bonchev–Trinajstić information content (AvgIpc) is 2.93. The third-order valence-electron chi connectivity index (χ3n) is 3.44. The first-order valence-corrected chi connectivity index (χ1v) is 6.40. The molecule has 0 bridgehead atoms. The molecular formula is C13H17Br. The molecule has 0 aliphatic heterocycles. The van der Waals surface area contributed by atoms with E-state index in [0.29, 0.717) is 5.41 Å². The SMILES string of the molecule is Cc1cccc(C)c1CC1(CBr)CC1. The number of hydrogen-bond acceptors (Lipinski definition) is 0. The van der Waals surface area contributed by atoms with Crippen molar-refractivity contribution in [1.82, 2.24) is 0 Å². The lowest BCUT2D eigenvalue weighted by molar-refractivity contribution is 0.582. The maximum absolute atomic E-state index is 3.64. The van der Waals surface area contributed by atoms with Gasteiger partial charge in [-0.05, 0) is 55.2 Å². The first-order valence-electron chi connectivity index (χ1n) is 5.28. The lowest BCUT2D eigenvalue weighted by Crippen LogP contribution is -2.08. The topological polar surface area (TPSA) is 0 Å². The Morgan fingerprint density at radius 1 is 1.21 bits per heavy atom. The predicted molar refractivity (Wildman–Crippen MR) is 65.1 cm³/mol. The third kappa shape index (κ3) is 1.88. The summed E-state index contributed by atoms with van der Waals surface area (Å²) in [6, 6.07) is 6.61. The molecule has 2 rings (SSSR count). The van der Waals surface area contributed by atoms with Crippen LogP contribution in [0.1, 0.15) is 29.5 Å². The van der Waals surface area contributed by atoms with Crippen molar-refractivity contribution in [3.63, 3.8) is 0 Å². The van der Waals surface area contributed by atoms with Crippen molar-refractivity contribution in [2.45, 2.75) is 33.1 Å². The molecule has 0 saturated heterocycles. The highest BCUT2D eigenvalue weighted by atomic mass is 79.9. The van der Waals surface area contributed by atoms with E-state index in [1.165, 1.54) is 30.4 Å². The van der Waals surface area contributed by atoms with Crippen LogP contribution >= 0.6 is 15.9 Å². The molecule has 1 heteroatoms. The molecule has 1 aliphatic carbocycles. The van der Waals surface area contributed by atoms with E-state index in [2.05, 4.69) is 48.0 Å². The second kappa shape index (κ2) is 3.69. The van der Waals surface area contributed by atoms with E-state index in [-0.39, 0.29) is 0 Å². The highest BCUT2D eigenvalue weighted by molar-refractivity contribution is 9.09. The summed E-state index contributed by atoms with van der Waals surface area (Å²) in [4.78, 5) is 0. The zero-order valence-corrected chi connectivity index (χ0v) is 10.5. The standard InChI is InChI=1S/C13H17Br/c1-10-4-3-5-11(2)12(10)8-13(9-14)6-7-13/h3-5H,6-9H2,1-2H3. The molecule has 1 aliphatic rings. The fraction of sp³-hybridized carbons (Fsp3) is 0.538. The van der Waals surface area contributed by atoms with Gasteiger partial charge >= 0.3 is 0 Å². The molecule has 1 fully saturated rings. The summed E-state index contributed by atoms with van der Waals surface area (Å²) in [5.41, 5.74) is 5.08. The van der Waals surface area contributed by atoms with Gasteiger partial charge in [-0.3, -0.25) is 0 Å². The van der Waals surface area contributed by atoms with Crippen LogP contribution in [0.3, 0.4) is 0 Å². The first-order chi connectivity index (χ1) is 6.67. The fourth-order valence-electron chi connectivity index (χ4n) is 2.04. The van der Waals surface area contributed by atoms with Gasteiger partial charge in [0.1, 0.15) is 0 Å². The van der Waals surface area contributed by atoms with Crippen molar-refractivity contribution in [3.05, 3.63) is 34.9 Å². The normalized spacial score (nSPS) is 18.2. The Morgan fingerprint density at radius 2 is 1.79 bits per heavy atom. The maximum Gasteiger partial charge on any atom is 0.00911 e. The molecule has 1 aromatic carbocycles. The van der Waals surface area contributed by atoms with Crippen molar-refractivity contribution in [2.75, 3.05) is 5.33 Å². The van der Waals surface area contributed by atoms with Crippen LogP contribution in [0.2, 0.25) is 0 Å². The van der Waals surface area contributed by atoms with Crippen LogP contribution < -0.4 is 0 Å². The minimum absolute atomic E-state index is 0.594. The van der Waals surface area contributed by atoms with Crippen LogP contribution in [-0.2, 0) is 6.42 Å². The summed E-state index contributed by atoms with van der Waals surface area (Å²) in [5, 5.41) is 1.16. The van der Waals surface area contributed by atoms with Gasteiger partial charge < -0.3 is 0 Å². The summed E-state index contributed by atoms with van der Waals surface area (Å²) in [7, 11) is 0. The van der Waals surface area contributed by atoms with Crippen LogP contribution in [-0.4, -0.2) is 5.33 Å². The summed E-state index contributed by atoms with van der Waals surface area (Å²) in [5.74, 6) is 0. The Balaban J connectivity index is 2.24. The number of aryl methyl sites for hydroxylation is 2. The minimum Gasteiger partial charge on any atom is -0.0922 e. The van der Waals surface area contributed by atoms with Crippen LogP contribution in [0.5, 0.6) is 0 Å². The summed E-state index contributed by atoms with van der Waals surface area (Å²) in [6.45, 7) is 4.46. The number of hydrogen-bond donors (Lipinski definition) is 0. The summed E-state index contributed by atoms with van der Waals surface area (Å²) < 4.78 is 0. The lowest BCUT2D eigenvalue weighted by atomic mass is 9.92. The van der Waals surface area contributed by atoms with E-state index in [4.69, 9.17) is 0 Å². The molecule has 76 valence electrons. The van der Waals surface area contributed by atoms with E-state index in [1.54, 1.807) is 5.56 Å². The number of halogens is 1. The summed E-state index contributed by atoms with van der Waals surface area (Å²) >= 11 is 3.64. The van der Waals surface area contributed by atoms with E-state index in [1.807, 2.05) is 0 Å². The van der Waals surface area contributed by atoms with Crippen molar-refractivity contribution >= 4 is 15.9 Å². The molecule has 0 unspecified atom stereocenters. The predicted octanol–water partition coefficient (Wildman–Crippen LogP) is 4.02. The van der Waals surface area contributed by atoms with Gasteiger partial charge in [0.25, 0.3) is 0 Å². The smallest absolute Gasteiger partial charge is 0.00911 e. The van der Waals surface area contributed by atoms with Gasteiger partial charge in [0.15, 0.2) is 0 Å². The number of alkyl halides is 1. The summed E-state index contributed by atoms with van der Waals surface area (Å²) in [6.07, 6.45) is 4.05. The Kier molecular flexibility index (Phi) is 2.70. The second-order valence-corrected chi connectivity index (χ2v) is 5.24. The van der Waals surface area contributed by atoms with Crippen LogP contribution in [0.25, 0.3) is 0 Å². The molecule has 0 atom stereocenters. The minimum atomic E-state index is 0.594. The Labute approximate surface area is 94.8 Å². The third-order valence-corrected chi connectivity index (χ3v) is 4.63. The largest absolute Gasteiger partial charge is 0.0922 e. The molecular weight excluding hydrogens is 236 g/mol. The van der Waals surface area contributed by atoms with Crippen LogP contribution in [0.4, 0.5) is 0 Å². The van der Waals surface area contributed by atoms with Crippen molar-refractivity contribution in [2.24, 2.45) is 5.41 Å². The van der Waals surface area contributed by atoms with E-state index < -0.39 is 0 Å². The zero-order valence-electron chi connectivity index (χ0n) is 8.94. The molecule has 0 radical (unpaired) electrons. The monoisotopic (exact) mass is 252 g/mol. The lowest BCUT2D eigenvalue weighted by Gasteiger charge is -2.15. The van der Waals surface area contributed by atoms with Crippen molar-refractivity contribution in [3.8, 4) is 0 Å². The fourth-order valence-corrected chi connectivity index (χ4v) is 2.80. The molecule has 0 heterocycles. The zero-order chi connectivity index (χ0) is 10.2. The van der Waals surface area contributed by atoms with E-state index >= 15 is 0 Å². The highest BCUT2D eigenvalue weighted by Crippen LogP contribution is 2.50. The maximum atomic E-state index is 3.64. The quantitative estimate of drug-likeness (QED) is 0.714.